The van der Waals surface area contributed by atoms with Gasteiger partial charge in [-0.05, 0) is 0 Å². The molecule has 6 nitrogen and oxygen atoms in total. The van der Waals surface area contributed by atoms with Gasteiger partial charge < -0.3 is 19.5 Å². The van der Waals surface area contributed by atoms with E-state index in [1.165, 1.54) is 0 Å². The number of ether oxygens (including phenoxy) is 3. The van der Waals surface area contributed by atoms with Crippen LogP contribution in [0, 0.1) is 11.8 Å². The van der Waals surface area contributed by atoms with Gasteiger partial charge in [-0.25, -0.2) is 0 Å². The van der Waals surface area contributed by atoms with E-state index in [0.29, 0.717) is 52.6 Å². The van der Waals surface area contributed by atoms with Crippen molar-refractivity contribution in [3.8, 4) is 0 Å². The highest BCUT2D eigenvalue weighted by Crippen LogP contribution is 1.98. The number of Topliss-reactive ketones (excluding diaryl/α,β-unsaturated/α-hetero) is 1. The van der Waals surface area contributed by atoms with Crippen molar-refractivity contribution in [1.29, 1.82) is 0 Å². The second-order valence-corrected chi connectivity index (χ2v) is 5.65. The second-order valence-electron chi connectivity index (χ2n) is 5.65. The van der Waals surface area contributed by atoms with Crippen LogP contribution in [0.3, 0.4) is 0 Å². The molecule has 22 heavy (non-hydrogen) atoms. The van der Waals surface area contributed by atoms with Crippen molar-refractivity contribution in [3.63, 3.8) is 0 Å². The SMILES string of the molecule is CC(C)C(=O)CCOCCOCCOCCNC(=O)C(C)C. The van der Waals surface area contributed by atoms with E-state index in [-0.39, 0.29) is 23.5 Å². The fourth-order valence-corrected chi connectivity index (χ4v) is 1.45. The van der Waals surface area contributed by atoms with Gasteiger partial charge in [0.1, 0.15) is 5.78 Å². The summed E-state index contributed by atoms with van der Waals surface area (Å²) in [7, 11) is 0. The highest BCUT2D eigenvalue weighted by atomic mass is 16.5. The minimum Gasteiger partial charge on any atom is -0.379 e. The van der Waals surface area contributed by atoms with E-state index < -0.39 is 0 Å². The van der Waals surface area contributed by atoms with Gasteiger partial charge in [-0.1, -0.05) is 27.7 Å². The lowest BCUT2D eigenvalue weighted by molar-refractivity contribution is -0.124. The lowest BCUT2D eigenvalue weighted by atomic mass is 10.1. The summed E-state index contributed by atoms with van der Waals surface area (Å²) in [6, 6.07) is 0. The maximum absolute atomic E-state index is 11.3. The summed E-state index contributed by atoms with van der Waals surface area (Å²) < 4.78 is 16.0. The highest BCUT2D eigenvalue weighted by Gasteiger charge is 2.06. The van der Waals surface area contributed by atoms with Crippen LogP contribution in [0.4, 0.5) is 0 Å². The number of hydrogen-bond acceptors (Lipinski definition) is 5. The molecule has 6 heteroatoms. The van der Waals surface area contributed by atoms with Crippen molar-refractivity contribution in [1.82, 2.24) is 5.32 Å². The Morgan fingerprint density at radius 1 is 0.773 bits per heavy atom. The Morgan fingerprint density at radius 2 is 1.27 bits per heavy atom. The van der Waals surface area contributed by atoms with E-state index in [0.717, 1.165) is 0 Å². The highest BCUT2D eigenvalue weighted by molar-refractivity contribution is 5.80. The predicted molar refractivity (Wildman–Crippen MR) is 84.8 cm³/mol. The van der Waals surface area contributed by atoms with Crippen molar-refractivity contribution in [2.45, 2.75) is 34.1 Å². The number of amides is 1. The standard InChI is InChI=1S/C16H31NO5/c1-13(2)15(18)5-7-20-9-11-22-12-10-21-8-6-17-16(19)14(3)4/h13-14H,5-12H2,1-4H3,(H,17,19). The van der Waals surface area contributed by atoms with Gasteiger partial charge in [-0.15, -0.1) is 0 Å². The smallest absolute Gasteiger partial charge is 0.222 e. The van der Waals surface area contributed by atoms with Crippen LogP contribution in [0.15, 0.2) is 0 Å². The van der Waals surface area contributed by atoms with E-state index in [1.54, 1.807) is 0 Å². The average molecular weight is 317 g/mol. The van der Waals surface area contributed by atoms with Gasteiger partial charge in [0, 0.05) is 24.8 Å². The molecule has 0 aliphatic rings. The van der Waals surface area contributed by atoms with Gasteiger partial charge in [-0.2, -0.15) is 0 Å². The van der Waals surface area contributed by atoms with Crippen molar-refractivity contribution in [2.24, 2.45) is 11.8 Å². The van der Waals surface area contributed by atoms with E-state index in [1.807, 2.05) is 27.7 Å². The summed E-state index contributed by atoms with van der Waals surface area (Å²) >= 11 is 0. The van der Waals surface area contributed by atoms with E-state index >= 15 is 0 Å². The third-order valence-electron chi connectivity index (χ3n) is 2.95. The Kier molecular flexibility index (Phi) is 13.1. The zero-order valence-corrected chi connectivity index (χ0v) is 14.4. The first-order chi connectivity index (χ1) is 10.4. The first-order valence-corrected chi connectivity index (χ1v) is 7.98. The lowest BCUT2D eigenvalue weighted by Crippen LogP contribution is -2.31. The third kappa shape index (κ3) is 12.7. The van der Waals surface area contributed by atoms with Gasteiger partial charge in [0.2, 0.25) is 5.91 Å². The van der Waals surface area contributed by atoms with Crippen LogP contribution >= 0.6 is 0 Å². The Hall–Kier alpha value is -0.980. The van der Waals surface area contributed by atoms with Crippen molar-refractivity contribution in [3.05, 3.63) is 0 Å². The van der Waals surface area contributed by atoms with Gasteiger partial charge in [0.25, 0.3) is 0 Å². The molecule has 0 aliphatic heterocycles. The molecule has 0 spiro atoms. The molecule has 0 aromatic heterocycles. The number of hydrogen-bond donors (Lipinski definition) is 1. The maximum atomic E-state index is 11.3. The second kappa shape index (κ2) is 13.7. The van der Waals surface area contributed by atoms with E-state index in [2.05, 4.69) is 5.32 Å². The van der Waals surface area contributed by atoms with Gasteiger partial charge >= 0.3 is 0 Å². The summed E-state index contributed by atoms with van der Waals surface area (Å²) in [6.45, 7) is 10.9. The summed E-state index contributed by atoms with van der Waals surface area (Å²) in [5, 5.41) is 2.77. The van der Waals surface area contributed by atoms with Crippen LogP contribution in [0.2, 0.25) is 0 Å². The fourth-order valence-electron chi connectivity index (χ4n) is 1.45. The molecule has 0 fully saturated rings. The van der Waals surface area contributed by atoms with Gasteiger partial charge in [-0.3, -0.25) is 9.59 Å². The van der Waals surface area contributed by atoms with Crippen molar-refractivity contribution < 1.29 is 23.8 Å². The van der Waals surface area contributed by atoms with Crippen LogP contribution in [-0.2, 0) is 23.8 Å². The van der Waals surface area contributed by atoms with Gasteiger partial charge in [0.15, 0.2) is 0 Å². The molecule has 0 aliphatic carbocycles. The molecule has 0 bridgehead atoms. The van der Waals surface area contributed by atoms with Crippen LogP contribution in [0.1, 0.15) is 34.1 Å². The molecule has 0 saturated heterocycles. The van der Waals surface area contributed by atoms with Crippen LogP contribution in [-0.4, -0.2) is 57.9 Å². The molecule has 0 unspecified atom stereocenters. The number of carbonyl (C=O) groups excluding carboxylic acids is 2. The molecule has 0 atom stereocenters. The van der Waals surface area contributed by atoms with Crippen molar-refractivity contribution in [2.75, 3.05) is 46.2 Å². The van der Waals surface area contributed by atoms with E-state index in [4.69, 9.17) is 14.2 Å². The summed E-state index contributed by atoms with van der Waals surface area (Å²) in [5.74, 6) is 0.327. The summed E-state index contributed by atoms with van der Waals surface area (Å²) in [6.07, 6.45) is 0.461. The Bertz CT molecular complexity index is 275. The molecule has 1 amide bonds. The molecular formula is C16H31NO5. The maximum Gasteiger partial charge on any atom is 0.222 e. The topological polar surface area (TPSA) is 73.9 Å². The predicted octanol–water partition coefficient (Wildman–Crippen LogP) is 1.42. The Balaban J connectivity index is 3.18. The number of rotatable bonds is 14. The van der Waals surface area contributed by atoms with Crippen LogP contribution in [0.5, 0.6) is 0 Å². The monoisotopic (exact) mass is 317 g/mol. The molecule has 0 aromatic carbocycles. The van der Waals surface area contributed by atoms with Crippen molar-refractivity contribution >= 4 is 11.7 Å². The summed E-state index contributed by atoms with van der Waals surface area (Å²) in [4.78, 5) is 22.6. The summed E-state index contributed by atoms with van der Waals surface area (Å²) in [5.41, 5.74) is 0. The molecule has 1 N–H and O–H groups in total. The Labute approximate surface area is 133 Å². The molecular weight excluding hydrogens is 286 g/mol. The molecule has 0 saturated carbocycles. The molecule has 0 heterocycles. The molecule has 0 aromatic rings. The third-order valence-corrected chi connectivity index (χ3v) is 2.95. The number of ketones is 1. The number of nitrogens with one attached hydrogen (secondary N) is 1. The first-order valence-electron chi connectivity index (χ1n) is 7.98. The molecule has 0 rings (SSSR count). The Morgan fingerprint density at radius 3 is 1.77 bits per heavy atom. The van der Waals surface area contributed by atoms with Crippen LogP contribution < -0.4 is 5.32 Å². The fraction of sp³-hybridized carbons (Fsp3) is 0.875. The van der Waals surface area contributed by atoms with Gasteiger partial charge in [0.05, 0.1) is 39.6 Å². The number of carbonyl (C=O) groups is 2. The quantitative estimate of drug-likeness (QED) is 0.491. The minimum atomic E-state index is -0.000773. The first kappa shape index (κ1) is 21.0. The average Bonchev–Trinajstić information content (AvgIpc) is 2.47. The normalized spacial score (nSPS) is 11.2. The van der Waals surface area contributed by atoms with Crippen LogP contribution in [0.25, 0.3) is 0 Å². The molecule has 130 valence electrons. The lowest BCUT2D eigenvalue weighted by Gasteiger charge is -2.09. The molecule has 0 radical (unpaired) electrons. The van der Waals surface area contributed by atoms with E-state index in [9.17, 15) is 9.59 Å². The minimum absolute atomic E-state index is 0.000773. The zero-order chi connectivity index (χ0) is 16.8. The zero-order valence-electron chi connectivity index (χ0n) is 14.4. The largest absolute Gasteiger partial charge is 0.379 e.